The van der Waals surface area contributed by atoms with E-state index in [1.807, 2.05) is 0 Å². The molecule has 0 radical (unpaired) electrons. The van der Waals surface area contributed by atoms with Crippen LogP contribution in [0.1, 0.15) is 28.7 Å². The van der Waals surface area contributed by atoms with Gasteiger partial charge in [-0.3, -0.25) is 14.6 Å². The fraction of sp³-hybridized carbons (Fsp3) is 0.231. The van der Waals surface area contributed by atoms with Crippen molar-refractivity contribution in [2.24, 2.45) is 0 Å². The van der Waals surface area contributed by atoms with Crippen molar-refractivity contribution in [3.8, 4) is 0 Å². The number of ketones is 1. The molecule has 1 heterocycles. The Morgan fingerprint density at radius 2 is 1.90 bits per heavy atom. The molecule has 2 rings (SSSR count). The zero-order valence-electron chi connectivity index (χ0n) is 11.4. The molecule has 0 amide bonds. The van der Waals surface area contributed by atoms with Gasteiger partial charge in [-0.15, -0.1) is 0 Å². The quantitative estimate of drug-likeness (QED) is 0.844. The molecule has 2 aromatic rings. The molecule has 0 saturated heterocycles. The Morgan fingerprint density at radius 3 is 2.45 bits per heavy atom. The number of anilines is 1. The zero-order valence-corrected chi connectivity index (χ0v) is 12.2. The molecule has 0 aliphatic rings. The summed E-state index contributed by atoms with van der Waals surface area (Å²) >= 11 is 0. The molecule has 6 nitrogen and oxygen atoms in total. The van der Waals surface area contributed by atoms with Crippen molar-refractivity contribution in [3.05, 3.63) is 41.2 Å². The molecule has 0 unspecified atom stereocenters. The number of aromatic amines is 1. The van der Waals surface area contributed by atoms with E-state index in [2.05, 4.69) is 14.9 Å². The lowest BCUT2D eigenvalue weighted by atomic mass is 10.1. The van der Waals surface area contributed by atoms with Gasteiger partial charge in [-0.05, 0) is 32.9 Å². The summed E-state index contributed by atoms with van der Waals surface area (Å²) in [7, 11) is -3.78. The maximum absolute atomic E-state index is 12.4. The van der Waals surface area contributed by atoms with Gasteiger partial charge >= 0.3 is 0 Å². The standard InChI is InChI=1S/C13H15N3O3S/c1-8-13(9(2)15-14-8)20(18,19)16-12-7-5-4-6-11(12)10(3)17/h4-7,16H,1-3H3,(H,14,15). The lowest BCUT2D eigenvalue weighted by molar-refractivity contribution is 0.101. The maximum atomic E-state index is 12.4. The Kier molecular flexibility index (Phi) is 3.63. The molecular formula is C13H15N3O3S. The topological polar surface area (TPSA) is 91.9 Å². The Labute approximate surface area is 117 Å². The largest absolute Gasteiger partial charge is 0.294 e. The summed E-state index contributed by atoms with van der Waals surface area (Å²) in [5, 5.41) is 6.50. The van der Waals surface area contributed by atoms with Gasteiger partial charge in [0.2, 0.25) is 0 Å². The first-order valence-corrected chi connectivity index (χ1v) is 7.45. The normalized spacial score (nSPS) is 11.3. The van der Waals surface area contributed by atoms with Crippen LogP contribution < -0.4 is 4.72 Å². The van der Waals surface area contributed by atoms with Gasteiger partial charge in [-0.1, -0.05) is 12.1 Å². The number of aryl methyl sites for hydroxylation is 2. The van der Waals surface area contributed by atoms with Gasteiger partial charge in [-0.2, -0.15) is 5.10 Å². The highest BCUT2D eigenvalue weighted by Crippen LogP contribution is 2.23. The molecular weight excluding hydrogens is 278 g/mol. The molecule has 1 aromatic heterocycles. The van der Waals surface area contributed by atoms with Gasteiger partial charge in [0.1, 0.15) is 4.90 Å². The summed E-state index contributed by atoms with van der Waals surface area (Å²) in [4.78, 5) is 11.6. The van der Waals surface area contributed by atoms with Crippen LogP contribution in [0.5, 0.6) is 0 Å². The number of carbonyl (C=O) groups excluding carboxylic acids is 1. The highest BCUT2D eigenvalue weighted by Gasteiger charge is 2.23. The number of para-hydroxylation sites is 1. The van der Waals surface area contributed by atoms with E-state index in [9.17, 15) is 13.2 Å². The fourth-order valence-corrected chi connectivity index (χ4v) is 3.46. The number of sulfonamides is 1. The van der Waals surface area contributed by atoms with Crippen LogP contribution in [0.3, 0.4) is 0 Å². The number of benzene rings is 1. The van der Waals surface area contributed by atoms with Crippen LogP contribution in [0.4, 0.5) is 5.69 Å². The predicted molar refractivity (Wildman–Crippen MR) is 75.3 cm³/mol. The molecule has 0 spiro atoms. The molecule has 2 N–H and O–H groups in total. The van der Waals surface area contributed by atoms with Crippen LogP contribution in [0.25, 0.3) is 0 Å². The minimum Gasteiger partial charge on any atom is -0.294 e. The van der Waals surface area contributed by atoms with Gasteiger partial charge in [0.15, 0.2) is 5.78 Å². The number of H-pyrrole nitrogens is 1. The second kappa shape index (κ2) is 5.09. The van der Waals surface area contributed by atoms with Gasteiger partial charge in [0, 0.05) is 5.56 Å². The zero-order chi connectivity index (χ0) is 14.9. The fourth-order valence-electron chi connectivity index (χ4n) is 2.01. The summed E-state index contributed by atoms with van der Waals surface area (Å²) < 4.78 is 27.2. The number of Topliss-reactive ketones (excluding diaryl/α,β-unsaturated/α-hetero) is 1. The minimum atomic E-state index is -3.78. The first-order valence-electron chi connectivity index (χ1n) is 5.97. The van der Waals surface area contributed by atoms with E-state index in [4.69, 9.17) is 0 Å². The number of hydrogen-bond donors (Lipinski definition) is 2. The Bertz CT molecular complexity index is 743. The number of nitrogens with one attached hydrogen (secondary N) is 2. The Morgan fingerprint density at radius 1 is 1.25 bits per heavy atom. The molecule has 0 atom stereocenters. The smallest absolute Gasteiger partial charge is 0.265 e. The second-order valence-electron chi connectivity index (χ2n) is 4.47. The SMILES string of the molecule is CC(=O)c1ccccc1NS(=O)(=O)c1c(C)n[nH]c1C. The van der Waals surface area contributed by atoms with Gasteiger partial charge < -0.3 is 0 Å². The van der Waals surface area contributed by atoms with Crippen molar-refractivity contribution in [3.63, 3.8) is 0 Å². The lowest BCUT2D eigenvalue weighted by Crippen LogP contribution is -2.16. The summed E-state index contributed by atoms with van der Waals surface area (Å²) in [5.74, 6) is -0.205. The van der Waals surface area contributed by atoms with E-state index in [0.717, 1.165) is 0 Å². The summed E-state index contributed by atoms with van der Waals surface area (Å²) in [6, 6.07) is 6.48. The molecule has 0 bridgehead atoms. The number of rotatable bonds is 4. The van der Waals surface area contributed by atoms with Crippen LogP contribution in [-0.2, 0) is 10.0 Å². The van der Waals surface area contributed by atoms with Crippen molar-refractivity contribution in [2.45, 2.75) is 25.7 Å². The van der Waals surface area contributed by atoms with Gasteiger partial charge in [-0.25, -0.2) is 8.42 Å². The monoisotopic (exact) mass is 293 g/mol. The summed E-state index contributed by atoms with van der Waals surface area (Å²) in [6.45, 7) is 4.63. The average molecular weight is 293 g/mol. The minimum absolute atomic E-state index is 0.107. The summed E-state index contributed by atoms with van der Waals surface area (Å²) in [6.07, 6.45) is 0. The van der Waals surface area contributed by atoms with Crippen LogP contribution in [0.15, 0.2) is 29.2 Å². The maximum Gasteiger partial charge on any atom is 0.265 e. The van der Waals surface area contributed by atoms with Crippen molar-refractivity contribution in [2.75, 3.05) is 4.72 Å². The molecule has 0 fully saturated rings. The third-order valence-electron chi connectivity index (χ3n) is 2.88. The van der Waals surface area contributed by atoms with E-state index in [1.54, 1.807) is 38.1 Å². The van der Waals surface area contributed by atoms with Gasteiger partial charge in [0.25, 0.3) is 10.0 Å². The second-order valence-corrected chi connectivity index (χ2v) is 6.09. The van der Waals surface area contributed by atoms with E-state index in [0.29, 0.717) is 17.0 Å². The predicted octanol–water partition coefficient (Wildman–Crippen LogP) is 2.03. The van der Waals surface area contributed by atoms with Gasteiger partial charge in [0.05, 0.1) is 17.1 Å². The van der Waals surface area contributed by atoms with E-state index < -0.39 is 10.0 Å². The molecule has 7 heteroatoms. The number of aromatic nitrogens is 2. The van der Waals surface area contributed by atoms with Crippen LogP contribution in [-0.4, -0.2) is 24.4 Å². The highest BCUT2D eigenvalue weighted by atomic mass is 32.2. The highest BCUT2D eigenvalue weighted by molar-refractivity contribution is 7.92. The van der Waals surface area contributed by atoms with Crippen LogP contribution in [0, 0.1) is 13.8 Å². The lowest BCUT2D eigenvalue weighted by Gasteiger charge is -2.11. The number of hydrogen-bond acceptors (Lipinski definition) is 4. The number of nitrogens with zero attached hydrogens (tertiary/aromatic N) is 1. The molecule has 1 aromatic carbocycles. The van der Waals surface area contributed by atoms with E-state index in [1.165, 1.54) is 6.92 Å². The van der Waals surface area contributed by atoms with Crippen molar-refractivity contribution in [1.29, 1.82) is 0 Å². The van der Waals surface area contributed by atoms with Crippen molar-refractivity contribution in [1.82, 2.24) is 10.2 Å². The van der Waals surface area contributed by atoms with Crippen LogP contribution in [0.2, 0.25) is 0 Å². The average Bonchev–Trinajstić information content (AvgIpc) is 2.69. The number of carbonyl (C=O) groups is 1. The third-order valence-corrected chi connectivity index (χ3v) is 4.51. The first-order chi connectivity index (χ1) is 9.33. The van der Waals surface area contributed by atoms with Crippen molar-refractivity contribution < 1.29 is 13.2 Å². The Hall–Kier alpha value is -2.15. The molecule has 20 heavy (non-hydrogen) atoms. The summed E-state index contributed by atoms with van der Waals surface area (Å²) in [5.41, 5.74) is 1.43. The third kappa shape index (κ3) is 2.57. The molecule has 106 valence electrons. The molecule has 0 aliphatic heterocycles. The van der Waals surface area contributed by atoms with E-state index in [-0.39, 0.29) is 16.4 Å². The molecule has 0 saturated carbocycles. The van der Waals surface area contributed by atoms with Crippen molar-refractivity contribution >= 4 is 21.5 Å². The van der Waals surface area contributed by atoms with Crippen LogP contribution >= 0.6 is 0 Å². The Balaban J connectivity index is 2.47. The first kappa shape index (κ1) is 14.3. The van der Waals surface area contributed by atoms with E-state index >= 15 is 0 Å². The molecule has 0 aliphatic carbocycles.